The van der Waals surface area contributed by atoms with E-state index in [0.29, 0.717) is 12.5 Å². The van der Waals surface area contributed by atoms with Crippen LogP contribution in [-0.4, -0.2) is 44.1 Å². The van der Waals surface area contributed by atoms with E-state index in [1.807, 2.05) is 24.3 Å². The van der Waals surface area contributed by atoms with Gasteiger partial charge in [0.15, 0.2) is 0 Å². The van der Waals surface area contributed by atoms with Gasteiger partial charge in [0.2, 0.25) is 0 Å². The summed E-state index contributed by atoms with van der Waals surface area (Å²) in [5.41, 5.74) is -0.290. The van der Waals surface area contributed by atoms with Crippen LogP contribution in [0.15, 0.2) is 44.7 Å². The third kappa shape index (κ3) is 4.58. The molecule has 0 unspecified atom stereocenters. The third-order valence-corrected chi connectivity index (χ3v) is 6.89. The second kappa shape index (κ2) is 9.60. The van der Waals surface area contributed by atoms with Gasteiger partial charge in [-0.3, -0.25) is 33.0 Å². The summed E-state index contributed by atoms with van der Waals surface area (Å²) in [7, 11) is 4.31. The first kappa shape index (κ1) is 24.0. The zero-order valence-corrected chi connectivity index (χ0v) is 20.3. The summed E-state index contributed by atoms with van der Waals surface area (Å²) in [5.74, 6) is -0.183. The van der Waals surface area contributed by atoms with Crippen LogP contribution >= 0.6 is 11.6 Å². The number of likely N-dealkylation sites (tertiary alicyclic amines) is 1. The minimum Gasteiger partial charge on any atom is -0.352 e. The fraction of sp³-hybridized carbons (Fsp3) is 0.417. The first-order chi connectivity index (χ1) is 16.2. The van der Waals surface area contributed by atoms with Crippen LogP contribution in [0.4, 0.5) is 0 Å². The maximum Gasteiger partial charge on any atom is 0.332 e. The van der Waals surface area contributed by atoms with Gasteiger partial charge in [0.05, 0.1) is 10.9 Å². The predicted molar refractivity (Wildman–Crippen MR) is 131 cm³/mol. The number of hydrogen-bond donors (Lipinski definition) is 1. The second-order valence-electron chi connectivity index (χ2n) is 8.92. The number of pyridine rings is 1. The topological polar surface area (TPSA) is 98.3 Å². The van der Waals surface area contributed by atoms with Gasteiger partial charge in [-0.15, -0.1) is 0 Å². The molecule has 10 heteroatoms. The molecule has 1 aliphatic rings. The summed E-state index contributed by atoms with van der Waals surface area (Å²) in [5, 5.41) is 3.68. The molecule has 0 atom stereocenters. The molecule has 1 aromatic carbocycles. The van der Waals surface area contributed by atoms with E-state index < -0.39 is 22.7 Å². The molecule has 4 rings (SSSR count). The Morgan fingerprint density at radius 1 is 1.00 bits per heavy atom. The summed E-state index contributed by atoms with van der Waals surface area (Å²) in [6.45, 7) is 3.15. The molecular weight excluding hydrogens is 458 g/mol. The Kier molecular flexibility index (Phi) is 6.77. The number of nitrogens with zero attached hydrogens (tertiary/aromatic N) is 4. The molecule has 9 nitrogen and oxygen atoms in total. The number of aryl methyl sites for hydroxylation is 2. The second-order valence-corrected chi connectivity index (χ2v) is 9.35. The third-order valence-electron chi connectivity index (χ3n) is 6.64. The minimum atomic E-state index is -0.602. The first-order valence-electron chi connectivity index (χ1n) is 11.2. The molecular formula is C24H28ClN5O4. The molecule has 0 spiro atoms. The van der Waals surface area contributed by atoms with E-state index in [9.17, 15) is 19.2 Å². The van der Waals surface area contributed by atoms with Crippen LogP contribution < -0.4 is 22.1 Å². The number of nitrogens with one attached hydrogen (secondary N) is 1. The molecule has 1 N–H and O–H groups in total. The molecule has 0 aliphatic carbocycles. The van der Waals surface area contributed by atoms with Gasteiger partial charge in [0, 0.05) is 45.3 Å². The normalized spacial score (nSPS) is 15.1. The average Bonchev–Trinajstić information content (AvgIpc) is 2.83. The zero-order valence-electron chi connectivity index (χ0n) is 19.5. The van der Waals surface area contributed by atoms with Gasteiger partial charge in [0.1, 0.15) is 5.65 Å². The van der Waals surface area contributed by atoms with E-state index in [1.165, 1.54) is 35.8 Å². The largest absolute Gasteiger partial charge is 0.352 e. The number of aromatic nitrogens is 3. The molecule has 180 valence electrons. The molecule has 3 heterocycles. The molecule has 0 radical (unpaired) electrons. The molecule has 1 fully saturated rings. The van der Waals surface area contributed by atoms with Crippen molar-refractivity contribution in [3.8, 4) is 0 Å². The van der Waals surface area contributed by atoms with Crippen LogP contribution in [0.3, 0.4) is 0 Å². The van der Waals surface area contributed by atoms with Crippen LogP contribution in [0.1, 0.15) is 28.8 Å². The van der Waals surface area contributed by atoms with Gasteiger partial charge >= 0.3 is 5.69 Å². The number of hydrogen-bond acceptors (Lipinski definition) is 5. The van der Waals surface area contributed by atoms with Gasteiger partial charge in [-0.2, -0.15) is 0 Å². The van der Waals surface area contributed by atoms with Crippen molar-refractivity contribution >= 4 is 28.5 Å². The first-order valence-corrected chi connectivity index (χ1v) is 11.6. The van der Waals surface area contributed by atoms with E-state index >= 15 is 0 Å². The SMILES string of the molecule is Cn1c(=O)c2c(C(=O)NCC3CCN(Cc4ccc(Cl)cc4)CC3)cc(=O)n(C)c2n(C)c1=O. The number of rotatable bonds is 5. The number of amides is 1. The maximum absolute atomic E-state index is 13.0. The number of fused-ring (bicyclic) bond motifs is 1. The van der Waals surface area contributed by atoms with E-state index in [4.69, 9.17) is 11.6 Å². The summed E-state index contributed by atoms with van der Waals surface area (Å²) in [6.07, 6.45) is 1.86. The fourth-order valence-corrected chi connectivity index (χ4v) is 4.69. The Bertz CT molecular complexity index is 1410. The van der Waals surface area contributed by atoms with Crippen LogP contribution in [0.2, 0.25) is 5.02 Å². The Labute approximate surface area is 201 Å². The molecule has 1 amide bonds. The van der Waals surface area contributed by atoms with Crippen molar-refractivity contribution in [1.29, 1.82) is 0 Å². The predicted octanol–water partition coefficient (Wildman–Crippen LogP) is 1.23. The number of benzene rings is 1. The lowest BCUT2D eigenvalue weighted by Gasteiger charge is -2.32. The fourth-order valence-electron chi connectivity index (χ4n) is 4.57. The Balaban J connectivity index is 1.46. The molecule has 0 saturated carbocycles. The zero-order chi connectivity index (χ0) is 24.6. The lowest BCUT2D eigenvalue weighted by atomic mass is 9.96. The summed E-state index contributed by atoms with van der Waals surface area (Å²) < 4.78 is 3.37. The van der Waals surface area contributed by atoms with E-state index in [-0.39, 0.29) is 16.6 Å². The highest BCUT2D eigenvalue weighted by Crippen LogP contribution is 2.20. The average molecular weight is 486 g/mol. The van der Waals surface area contributed by atoms with Crippen LogP contribution in [-0.2, 0) is 27.7 Å². The van der Waals surface area contributed by atoms with Gasteiger partial charge in [-0.1, -0.05) is 23.7 Å². The van der Waals surface area contributed by atoms with E-state index in [0.717, 1.165) is 48.1 Å². The van der Waals surface area contributed by atoms with Crippen LogP contribution in [0.5, 0.6) is 0 Å². The molecule has 1 aliphatic heterocycles. The van der Waals surface area contributed by atoms with E-state index in [1.54, 1.807) is 0 Å². The highest BCUT2D eigenvalue weighted by Gasteiger charge is 2.23. The highest BCUT2D eigenvalue weighted by atomic mass is 35.5. The highest BCUT2D eigenvalue weighted by molar-refractivity contribution is 6.30. The van der Waals surface area contributed by atoms with Gasteiger partial charge in [-0.25, -0.2) is 4.79 Å². The van der Waals surface area contributed by atoms with Crippen LogP contribution in [0, 0.1) is 5.92 Å². The van der Waals surface area contributed by atoms with Crippen molar-refractivity contribution < 1.29 is 4.79 Å². The Morgan fingerprint density at radius 2 is 1.65 bits per heavy atom. The molecule has 3 aromatic rings. The monoisotopic (exact) mass is 485 g/mol. The van der Waals surface area contributed by atoms with Crippen molar-refractivity contribution in [1.82, 2.24) is 23.9 Å². The van der Waals surface area contributed by atoms with Gasteiger partial charge < -0.3 is 5.32 Å². The van der Waals surface area contributed by atoms with E-state index in [2.05, 4.69) is 10.2 Å². The smallest absolute Gasteiger partial charge is 0.332 e. The Morgan fingerprint density at radius 3 is 2.29 bits per heavy atom. The van der Waals surface area contributed by atoms with Crippen molar-refractivity contribution in [2.75, 3.05) is 19.6 Å². The number of piperidine rings is 1. The van der Waals surface area contributed by atoms with Gasteiger partial charge in [0.25, 0.3) is 17.0 Å². The number of carbonyl (C=O) groups excluding carboxylic acids is 1. The minimum absolute atomic E-state index is 0.00512. The van der Waals surface area contributed by atoms with Gasteiger partial charge in [-0.05, 0) is 49.5 Å². The molecule has 34 heavy (non-hydrogen) atoms. The Hall–Kier alpha value is -3.17. The molecule has 2 aromatic heterocycles. The van der Waals surface area contributed by atoms with Crippen molar-refractivity contribution in [2.24, 2.45) is 27.1 Å². The molecule has 1 saturated heterocycles. The lowest BCUT2D eigenvalue weighted by molar-refractivity contribution is 0.0936. The maximum atomic E-state index is 13.0. The van der Waals surface area contributed by atoms with Crippen molar-refractivity contribution in [3.63, 3.8) is 0 Å². The summed E-state index contributed by atoms with van der Waals surface area (Å²) in [6, 6.07) is 9.01. The summed E-state index contributed by atoms with van der Waals surface area (Å²) >= 11 is 5.96. The number of carbonyl (C=O) groups is 1. The summed E-state index contributed by atoms with van der Waals surface area (Å²) in [4.78, 5) is 53.1. The van der Waals surface area contributed by atoms with Crippen molar-refractivity contribution in [2.45, 2.75) is 19.4 Å². The van der Waals surface area contributed by atoms with Crippen LogP contribution in [0.25, 0.3) is 11.0 Å². The van der Waals surface area contributed by atoms with Crippen molar-refractivity contribution in [3.05, 3.63) is 77.7 Å². The number of halogens is 1. The standard InChI is InChI=1S/C24H28ClN5O4/c1-27-19(31)12-18(20-22(27)28(2)24(34)29(3)23(20)33)21(32)26-13-15-8-10-30(11-9-15)14-16-4-6-17(25)7-5-16/h4-7,12,15H,8-11,13-14H2,1-3H3,(H,26,32). The molecule has 0 bridgehead atoms. The quantitative estimate of drug-likeness (QED) is 0.586. The lowest BCUT2D eigenvalue weighted by Crippen LogP contribution is -2.42.